The summed E-state index contributed by atoms with van der Waals surface area (Å²) in [6.45, 7) is 1.76. The summed E-state index contributed by atoms with van der Waals surface area (Å²) >= 11 is 1.09. The summed E-state index contributed by atoms with van der Waals surface area (Å²) in [6.07, 6.45) is -0.574. The van der Waals surface area contributed by atoms with Crippen molar-refractivity contribution in [3.63, 3.8) is 0 Å². The monoisotopic (exact) mass is 218 g/mol. The second-order valence-electron chi connectivity index (χ2n) is 3.58. The van der Waals surface area contributed by atoms with Gasteiger partial charge >= 0.3 is 5.97 Å². The van der Waals surface area contributed by atoms with Crippen LogP contribution in [0.25, 0.3) is 0 Å². The lowest BCUT2D eigenvalue weighted by Crippen LogP contribution is -2.25. The molecule has 1 saturated carbocycles. The fourth-order valence-electron chi connectivity index (χ4n) is 1.55. The van der Waals surface area contributed by atoms with Gasteiger partial charge in [0.15, 0.2) is 5.41 Å². The van der Waals surface area contributed by atoms with E-state index in [1.54, 1.807) is 12.3 Å². The maximum Gasteiger partial charge on any atom is 0.321 e. The lowest BCUT2D eigenvalue weighted by atomic mass is 10.0. The number of rotatable bonds is 2. The Balaban J connectivity index is 2.46. The molecule has 5 heteroatoms. The van der Waals surface area contributed by atoms with Gasteiger partial charge in [-0.15, -0.1) is 11.3 Å². The zero-order valence-electron chi connectivity index (χ0n) is 7.38. The molecule has 76 valence electrons. The quantitative estimate of drug-likeness (QED) is 0.827. The van der Waals surface area contributed by atoms with Crippen molar-refractivity contribution in [3.8, 4) is 0 Å². The van der Waals surface area contributed by atoms with Crippen LogP contribution in [-0.2, 0) is 10.2 Å². The van der Waals surface area contributed by atoms with Crippen LogP contribution >= 0.6 is 11.3 Å². The van der Waals surface area contributed by atoms with Crippen LogP contribution in [-0.4, -0.2) is 17.0 Å². The number of aryl methyl sites for hydroxylation is 1. The number of carbonyl (C=O) groups is 1. The largest absolute Gasteiger partial charge is 0.480 e. The van der Waals surface area contributed by atoms with Gasteiger partial charge in [-0.1, -0.05) is 0 Å². The van der Waals surface area contributed by atoms with E-state index < -0.39 is 23.7 Å². The van der Waals surface area contributed by atoms with Crippen molar-refractivity contribution >= 4 is 17.3 Å². The van der Waals surface area contributed by atoms with E-state index in [1.807, 2.05) is 0 Å². The fraction of sp³-hybridized carbons (Fsp3) is 0.444. The van der Waals surface area contributed by atoms with Crippen LogP contribution in [0.4, 0.5) is 8.78 Å². The lowest BCUT2D eigenvalue weighted by molar-refractivity contribution is -0.142. The molecule has 1 atom stereocenters. The van der Waals surface area contributed by atoms with E-state index in [-0.39, 0.29) is 4.88 Å². The van der Waals surface area contributed by atoms with Gasteiger partial charge in [0.25, 0.3) is 5.92 Å². The number of carboxylic acids is 1. The van der Waals surface area contributed by atoms with Gasteiger partial charge in [0.05, 0.1) is 0 Å². The standard InChI is InChI=1S/C9H8F2O2S/c1-5-2-6(14-3-5)8(7(12)13)4-9(8,10)11/h2-3H,4H2,1H3,(H,12,13). The lowest BCUT2D eigenvalue weighted by Gasteiger charge is -2.07. The Morgan fingerprint density at radius 1 is 1.64 bits per heavy atom. The average molecular weight is 218 g/mol. The summed E-state index contributed by atoms with van der Waals surface area (Å²) in [4.78, 5) is 11.1. The molecule has 1 aromatic heterocycles. The molecule has 1 N–H and O–H groups in total. The number of alkyl halides is 2. The second-order valence-corrected chi connectivity index (χ2v) is 4.49. The molecule has 1 aromatic rings. The summed E-state index contributed by atoms with van der Waals surface area (Å²) < 4.78 is 26.0. The third-order valence-electron chi connectivity index (χ3n) is 2.50. The highest BCUT2D eigenvalue weighted by molar-refractivity contribution is 7.10. The summed E-state index contributed by atoms with van der Waals surface area (Å²) in [5.41, 5.74) is -1.11. The van der Waals surface area contributed by atoms with Gasteiger partial charge in [-0.25, -0.2) is 8.78 Å². The first-order valence-corrected chi connectivity index (χ1v) is 4.95. The van der Waals surface area contributed by atoms with Gasteiger partial charge in [-0.3, -0.25) is 4.79 Å². The first-order chi connectivity index (χ1) is 6.40. The zero-order valence-corrected chi connectivity index (χ0v) is 8.20. The summed E-state index contributed by atoms with van der Waals surface area (Å²) in [6, 6.07) is 1.53. The van der Waals surface area contributed by atoms with E-state index in [1.165, 1.54) is 6.07 Å². The maximum absolute atomic E-state index is 13.0. The molecule has 0 spiro atoms. The second kappa shape index (κ2) is 2.53. The molecule has 2 rings (SSSR count). The highest BCUT2D eigenvalue weighted by atomic mass is 32.1. The van der Waals surface area contributed by atoms with E-state index in [0.29, 0.717) is 0 Å². The Morgan fingerprint density at radius 3 is 2.50 bits per heavy atom. The zero-order chi connectivity index (χ0) is 10.6. The van der Waals surface area contributed by atoms with Crippen molar-refractivity contribution in [1.82, 2.24) is 0 Å². The van der Waals surface area contributed by atoms with Crippen molar-refractivity contribution in [2.24, 2.45) is 0 Å². The third kappa shape index (κ3) is 1.02. The highest BCUT2D eigenvalue weighted by Gasteiger charge is 2.78. The van der Waals surface area contributed by atoms with Crippen molar-refractivity contribution in [2.75, 3.05) is 0 Å². The molecule has 0 bridgehead atoms. The number of hydrogen-bond acceptors (Lipinski definition) is 2. The molecule has 1 heterocycles. The van der Waals surface area contributed by atoms with E-state index >= 15 is 0 Å². The van der Waals surface area contributed by atoms with Crippen LogP contribution in [0.15, 0.2) is 11.4 Å². The van der Waals surface area contributed by atoms with Gasteiger partial charge in [0, 0.05) is 11.3 Å². The topological polar surface area (TPSA) is 37.3 Å². The van der Waals surface area contributed by atoms with Crippen molar-refractivity contribution < 1.29 is 18.7 Å². The minimum Gasteiger partial charge on any atom is -0.480 e. The number of hydrogen-bond donors (Lipinski definition) is 1. The minimum absolute atomic E-state index is 0.257. The summed E-state index contributed by atoms with van der Waals surface area (Å²) in [5, 5.41) is 10.5. The molecule has 0 amide bonds. The first-order valence-electron chi connectivity index (χ1n) is 4.07. The van der Waals surface area contributed by atoms with Crippen LogP contribution in [0.2, 0.25) is 0 Å². The first kappa shape index (κ1) is 9.58. The van der Waals surface area contributed by atoms with Crippen LogP contribution in [0.5, 0.6) is 0 Å². The average Bonchev–Trinajstić information content (AvgIpc) is 2.44. The van der Waals surface area contributed by atoms with Crippen molar-refractivity contribution in [2.45, 2.75) is 24.7 Å². The Labute approximate surface area is 83.2 Å². The third-order valence-corrected chi connectivity index (χ3v) is 3.71. The molecule has 0 radical (unpaired) electrons. The Hall–Kier alpha value is -0.970. The number of thiophene rings is 1. The van der Waals surface area contributed by atoms with Gasteiger partial charge in [0.2, 0.25) is 0 Å². The molecule has 0 aliphatic heterocycles. The van der Waals surface area contributed by atoms with Crippen LogP contribution < -0.4 is 0 Å². The highest BCUT2D eigenvalue weighted by Crippen LogP contribution is 2.62. The molecular weight excluding hydrogens is 210 g/mol. The smallest absolute Gasteiger partial charge is 0.321 e. The van der Waals surface area contributed by atoms with Crippen LogP contribution in [0.3, 0.4) is 0 Å². The van der Waals surface area contributed by atoms with Crippen molar-refractivity contribution in [1.29, 1.82) is 0 Å². The fourth-order valence-corrected chi connectivity index (χ4v) is 2.69. The SMILES string of the molecule is Cc1csc(C2(C(=O)O)CC2(F)F)c1. The number of carboxylic acid groups (broad SMARTS) is 1. The molecule has 1 aliphatic rings. The van der Waals surface area contributed by atoms with E-state index in [0.717, 1.165) is 16.9 Å². The molecular formula is C9H8F2O2S. The Kier molecular flexibility index (Phi) is 1.73. The van der Waals surface area contributed by atoms with Crippen LogP contribution in [0, 0.1) is 6.92 Å². The molecule has 14 heavy (non-hydrogen) atoms. The predicted molar refractivity (Wildman–Crippen MR) is 47.9 cm³/mol. The van der Waals surface area contributed by atoms with Crippen molar-refractivity contribution in [3.05, 3.63) is 21.9 Å². The Bertz CT molecular complexity index is 399. The molecule has 2 nitrogen and oxygen atoms in total. The minimum atomic E-state index is -3.09. The number of aliphatic carboxylic acids is 1. The van der Waals surface area contributed by atoms with E-state index in [9.17, 15) is 13.6 Å². The predicted octanol–water partition coefficient (Wildman–Crippen LogP) is 2.42. The molecule has 0 aromatic carbocycles. The van der Waals surface area contributed by atoms with E-state index in [2.05, 4.69) is 0 Å². The molecule has 1 aliphatic carbocycles. The molecule has 1 unspecified atom stereocenters. The molecule has 0 saturated heterocycles. The molecule has 1 fully saturated rings. The van der Waals surface area contributed by atoms with Gasteiger partial charge in [0.1, 0.15) is 0 Å². The Morgan fingerprint density at radius 2 is 2.21 bits per heavy atom. The maximum atomic E-state index is 13.0. The number of halogens is 2. The van der Waals surface area contributed by atoms with E-state index in [4.69, 9.17) is 5.11 Å². The van der Waals surface area contributed by atoms with Crippen LogP contribution in [0.1, 0.15) is 16.9 Å². The normalized spacial score (nSPS) is 28.8. The van der Waals surface area contributed by atoms with Gasteiger partial charge in [-0.2, -0.15) is 0 Å². The van der Waals surface area contributed by atoms with Gasteiger partial charge in [-0.05, 0) is 23.9 Å². The summed E-state index contributed by atoms with van der Waals surface area (Å²) in [7, 11) is 0. The van der Waals surface area contributed by atoms with Gasteiger partial charge < -0.3 is 5.11 Å². The summed E-state index contributed by atoms with van der Waals surface area (Å²) in [5.74, 6) is -4.51.